The summed E-state index contributed by atoms with van der Waals surface area (Å²) in [5.41, 5.74) is 9.09. The number of hydrogen-bond donors (Lipinski definition) is 3. The van der Waals surface area contributed by atoms with Crippen molar-refractivity contribution < 1.29 is 22.7 Å². The predicted octanol–water partition coefficient (Wildman–Crippen LogP) is 1.76. The van der Waals surface area contributed by atoms with E-state index in [1.807, 2.05) is 0 Å². The van der Waals surface area contributed by atoms with Gasteiger partial charge < -0.3 is 21.5 Å². The largest absolute Gasteiger partial charge is 0.450 e. The zero-order valence-electron chi connectivity index (χ0n) is 11.1. The van der Waals surface area contributed by atoms with Gasteiger partial charge in [0.05, 0.1) is 6.61 Å². The number of ether oxygens (including phenoxy) is 1. The third kappa shape index (κ3) is 6.15. The highest BCUT2D eigenvalue weighted by molar-refractivity contribution is 5.64. The molecule has 1 heterocycles. The Labute approximate surface area is 118 Å². The van der Waals surface area contributed by atoms with Crippen molar-refractivity contribution in [3.63, 3.8) is 0 Å². The number of unbranched alkanes of at least 4 members (excludes halogenated alkanes) is 2. The first-order chi connectivity index (χ1) is 9.80. The van der Waals surface area contributed by atoms with Gasteiger partial charge in [-0.2, -0.15) is 18.2 Å². The molecular formula is C11H16F3N5O2. The molecule has 0 aromatic carbocycles. The maximum absolute atomic E-state index is 12.7. The first kappa shape index (κ1) is 16.8. The topological polar surface area (TPSA) is 116 Å². The minimum atomic E-state index is -4.55. The van der Waals surface area contributed by atoms with E-state index in [-0.39, 0.29) is 24.9 Å². The molecular weight excluding hydrogens is 291 g/mol. The number of nitrogens with one attached hydrogen (secondary N) is 1. The average molecular weight is 307 g/mol. The number of alkyl halides is 3. The lowest BCUT2D eigenvalue weighted by Crippen LogP contribution is -2.15. The van der Waals surface area contributed by atoms with Gasteiger partial charge in [0, 0.05) is 12.7 Å². The van der Waals surface area contributed by atoms with E-state index in [1.54, 1.807) is 0 Å². The number of primary amides is 1. The van der Waals surface area contributed by atoms with Crippen LogP contribution < -0.4 is 16.8 Å². The van der Waals surface area contributed by atoms with Gasteiger partial charge in [0.2, 0.25) is 5.95 Å². The number of amides is 1. The molecule has 0 aliphatic rings. The van der Waals surface area contributed by atoms with Crippen LogP contribution in [0.25, 0.3) is 0 Å². The standard InChI is InChI=1S/C11H16F3N5O2/c12-11(13,14)7-6-18-9(15)19-8(7)17-4-2-1-3-5-21-10(16)20/h6H,1-5H2,(H2,16,20)(H3,15,17,18,19). The normalized spacial score (nSPS) is 11.2. The summed E-state index contributed by atoms with van der Waals surface area (Å²) in [6.07, 6.45) is -2.95. The fourth-order valence-corrected chi connectivity index (χ4v) is 1.52. The van der Waals surface area contributed by atoms with Gasteiger partial charge in [0.1, 0.15) is 11.4 Å². The van der Waals surface area contributed by atoms with Crippen molar-refractivity contribution in [2.24, 2.45) is 5.73 Å². The van der Waals surface area contributed by atoms with Crippen molar-refractivity contribution in [1.29, 1.82) is 0 Å². The lowest BCUT2D eigenvalue weighted by atomic mass is 10.2. The number of hydrogen-bond acceptors (Lipinski definition) is 6. The van der Waals surface area contributed by atoms with E-state index in [4.69, 9.17) is 11.5 Å². The number of aromatic nitrogens is 2. The highest BCUT2D eigenvalue weighted by Gasteiger charge is 2.35. The second-order valence-corrected chi connectivity index (χ2v) is 4.14. The van der Waals surface area contributed by atoms with Gasteiger partial charge in [-0.3, -0.25) is 0 Å². The second kappa shape index (κ2) is 7.50. The van der Waals surface area contributed by atoms with Gasteiger partial charge in [-0.1, -0.05) is 0 Å². The van der Waals surface area contributed by atoms with Crippen LogP contribution in [-0.2, 0) is 10.9 Å². The Hall–Kier alpha value is -2.26. The lowest BCUT2D eigenvalue weighted by Gasteiger charge is -2.13. The summed E-state index contributed by atoms with van der Waals surface area (Å²) in [6.45, 7) is 0.458. The second-order valence-electron chi connectivity index (χ2n) is 4.14. The van der Waals surface area contributed by atoms with Gasteiger partial charge in [-0.15, -0.1) is 0 Å². The van der Waals surface area contributed by atoms with Gasteiger partial charge in [0.25, 0.3) is 0 Å². The number of carbonyl (C=O) groups is 1. The molecule has 1 amide bonds. The number of nitrogens with two attached hydrogens (primary N) is 2. The molecule has 21 heavy (non-hydrogen) atoms. The van der Waals surface area contributed by atoms with E-state index in [9.17, 15) is 18.0 Å². The van der Waals surface area contributed by atoms with Gasteiger partial charge in [-0.05, 0) is 19.3 Å². The van der Waals surface area contributed by atoms with Crippen molar-refractivity contribution in [1.82, 2.24) is 9.97 Å². The Morgan fingerprint density at radius 3 is 2.67 bits per heavy atom. The van der Waals surface area contributed by atoms with E-state index < -0.39 is 17.8 Å². The molecule has 0 atom stereocenters. The molecule has 7 nitrogen and oxygen atoms in total. The SMILES string of the molecule is NC(=O)OCCCCCNc1nc(N)ncc1C(F)(F)F. The summed E-state index contributed by atoms with van der Waals surface area (Å²) in [6, 6.07) is 0. The van der Waals surface area contributed by atoms with Gasteiger partial charge in [-0.25, -0.2) is 9.78 Å². The van der Waals surface area contributed by atoms with Crippen LogP contribution in [0.3, 0.4) is 0 Å². The first-order valence-electron chi connectivity index (χ1n) is 6.16. The zero-order chi connectivity index (χ0) is 15.9. The molecule has 0 unspecified atom stereocenters. The molecule has 0 aliphatic carbocycles. The summed E-state index contributed by atoms with van der Waals surface area (Å²) >= 11 is 0. The van der Waals surface area contributed by atoms with Crippen molar-refractivity contribution >= 4 is 17.9 Å². The van der Waals surface area contributed by atoms with E-state index in [1.165, 1.54) is 0 Å². The molecule has 0 saturated carbocycles. The molecule has 5 N–H and O–H groups in total. The summed E-state index contributed by atoms with van der Waals surface area (Å²) in [5.74, 6) is -0.580. The van der Waals surface area contributed by atoms with Crippen molar-refractivity contribution in [2.75, 3.05) is 24.2 Å². The molecule has 1 aromatic heterocycles. The molecule has 1 rings (SSSR count). The van der Waals surface area contributed by atoms with Crippen LogP contribution in [0, 0.1) is 0 Å². The Kier molecular flexibility index (Phi) is 6.00. The molecule has 0 spiro atoms. The van der Waals surface area contributed by atoms with Crippen LogP contribution in [0.4, 0.5) is 29.7 Å². The van der Waals surface area contributed by atoms with Gasteiger partial charge in [0.15, 0.2) is 0 Å². The quantitative estimate of drug-likeness (QED) is 0.661. The van der Waals surface area contributed by atoms with Crippen LogP contribution in [0.1, 0.15) is 24.8 Å². The molecule has 0 saturated heterocycles. The summed E-state index contributed by atoms with van der Waals surface area (Å²) in [4.78, 5) is 17.2. The summed E-state index contributed by atoms with van der Waals surface area (Å²) in [5, 5.41) is 2.58. The maximum Gasteiger partial charge on any atom is 0.421 e. The Morgan fingerprint density at radius 1 is 1.33 bits per heavy atom. The van der Waals surface area contributed by atoms with Crippen LogP contribution in [0.15, 0.2) is 6.20 Å². The lowest BCUT2D eigenvalue weighted by molar-refractivity contribution is -0.137. The van der Waals surface area contributed by atoms with Crippen molar-refractivity contribution in [3.05, 3.63) is 11.8 Å². The summed E-state index contributed by atoms with van der Waals surface area (Å²) < 4.78 is 42.6. The fraction of sp³-hybridized carbons (Fsp3) is 0.545. The number of carbonyl (C=O) groups excluding carboxylic acids is 1. The molecule has 0 fully saturated rings. The van der Waals surface area contributed by atoms with Crippen LogP contribution in [-0.4, -0.2) is 29.2 Å². The van der Waals surface area contributed by atoms with E-state index in [0.717, 1.165) is 0 Å². The zero-order valence-corrected chi connectivity index (χ0v) is 11.1. The Morgan fingerprint density at radius 2 is 2.05 bits per heavy atom. The monoisotopic (exact) mass is 307 g/mol. The number of rotatable bonds is 7. The number of nitrogen functional groups attached to an aromatic ring is 1. The van der Waals surface area contributed by atoms with Crippen LogP contribution >= 0.6 is 0 Å². The third-order valence-electron chi connectivity index (χ3n) is 2.47. The van der Waals surface area contributed by atoms with Gasteiger partial charge >= 0.3 is 12.3 Å². The van der Waals surface area contributed by atoms with Crippen LogP contribution in [0.5, 0.6) is 0 Å². The first-order valence-corrected chi connectivity index (χ1v) is 6.16. The molecule has 118 valence electrons. The van der Waals surface area contributed by atoms with Crippen molar-refractivity contribution in [3.8, 4) is 0 Å². The van der Waals surface area contributed by atoms with E-state index in [0.29, 0.717) is 25.5 Å². The minimum absolute atomic E-state index is 0.184. The maximum atomic E-state index is 12.7. The number of nitrogens with zero attached hydrogens (tertiary/aromatic N) is 2. The molecule has 1 aromatic rings. The Balaban J connectivity index is 2.41. The molecule has 0 bridgehead atoms. The summed E-state index contributed by atoms with van der Waals surface area (Å²) in [7, 11) is 0. The minimum Gasteiger partial charge on any atom is -0.450 e. The Bertz CT molecular complexity index is 481. The smallest absolute Gasteiger partial charge is 0.421 e. The number of anilines is 2. The van der Waals surface area contributed by atoms with E-state index in [2.05, 4.69) is 20.0 Å². The van der Waals surface area contributed by atoms with Crippen molar-refractivity contribution in [2.45, 2.75) is 25.4 Å². The highest BCUT2D eigenvalue weighted by Crippen LogP contribution is 2.33. The fourth-order valence-electron chi connectivity index (χ4n) is 1.52. The molecule has 0 aliphatic heterocycles. The average Bonchev–Trinajstić information content (AvgIpc) is 2.35. The molecule has 10 heteroatoms. The van der Waals surface area contributed by atoms with Crippen LogP contribution in [0.2, 0.25) is 0 Å². The van der Waals surface area contributed by atoms with E-state index >= 15 is 0 Å². The predicted molar refractivity (Wildman–Crippen MR) is 69.3 cm³/mol. The number of halogens is 3. The molecule has 0 radical (unpaired) electrons. The highest BCUT2D eigenvalue weighted by atomic mass is 19.4. The third-order valence-corrected chi connectivity index (χ3v) is 2.47.